The second kappa shape index (κ2) is 5.78. The van der Waals surface area contributed by atoms with E-state index < -0.39 is 0 Å². The number of H-pyrrole nitrogens is 1. The zero-order valence-corrected chi connectivity index (χ0v) is 13.7. The van der Waals surface area contributed by atoms with E-state index in [9.17, 15) is 4.79 Å². The summed E-state index contributed by atoms with van der Waals surface area (Å²) >= 11 is 12.0. The van der Waals surface area contributed by atoms with Gasteiger partial charge in [-0.15, -0.1) is 0 Å². The first kappa shape index (κ1) is 15.1. The molecule has 114 valence electrons. The number of rotatable bonds is 3. The monoisotopic (exact) mass is 335 g/mol. The molecule has 2 aromatic heterocycles. The van der Waals surface area contributed by atoms with E-state index >= 15 is 0 Å². The average Bonchev–Trinajstić information content (AvgIpc) is 2.94. The van der Waals surface area contributed by atoms with Crippen LogP contribution in [0.4, 0.5) is 0 Å². The topological polar surface area (TPSA) is 50.2 Å². The predicted molar refractivity (Wildman–Crippen MR) is 89.2 cm³/mol. The molecule has 2 heterocycles. The summed E-state index contributed by atoms with van der Waals surface area (Å²) in [5.41, 5.74) is 2.97. The van der Waals surface area contributed by atoms with Crippen molar-refractivity contribution in [2.24, 2.45) is 0 Å². The van der Waals surface area contributed by atoms with E-state index in [2.05, 4.69) is 10.1 Å². The van der Waals surface area contributed by atoms with E-state index in [0.29, 0.717) is 27.7 Å². The number of benzene rings is 1. The van der Waals surface area contributed by atoms with Gasteiger partial charge in [0.1, 0.15) is 0 Å². The van der Waals surface area contributed by atoms with Crippen LogP contribution < -0.4 is 5.56 Å². The van der Waals surface area contributed by atoms with E-state index in [1.54, 1.807) is 24.4 Å². The Morgan fingerprint density at radius 3 is 2.68 bits per heavy atom. The van der Waals surface area contributed by atoms with Gasteiger partial charge in [0.05, 0.1) is 15.7 Å². The van der Waals surface area contributed by atoms with Crippen LogP contribution in [0.1, 0.15) is 36.6 Å². The predicted octanol–water partition coefficient (Wildman–Crippen LogP) is 4.04. The van der Waals surface area contributed by atoms with Crippen molar-refractivity contribution >= 4 is 28.8 Å². The Hall–Kier alpha value is -1.78. The van der Waals surface area contributed by atoms with Gasteiger partial charge in [0, 0.05) is 24.2 Å². The van der Waals surface area contributed by atoms with Gasteiger partial charge in [-0.2, -0.15) is 0 Å². The summed E-state index contributed by atoms with van der Waals surface area (Å²) in [6.45, 7) is 4.06. The van der Waals surface area contributed by atoms with Crippen molar-refractivity contribution in [2.75, 3.05) is 0 Å². The van der Waals surface area contributed by atoms with Crippen LogP contribution in [-0.2, 0) is 6.42 Å². The lowest BCUT2D eigenvalue weighted by atomic mass is 9.99. The SMILES string of the molecule is CC(C)c1nc2cc[nH]n2c(=O)c1Cc1ccc(Cl)c(Cl)c1. The third kappa shape index (κ3) is 2.64. The first-order valence-corrected chi connectivity index (χ1v) is 7.76. The lowest BCUT2D eigenvalue weighted by Crippen LogP contribution is -2.23. The van der Waals surface area contributed by atoms with E-state index in [0.717, 1.165) is 11.3 Å². The van der Waals surface area contributed by atoms with Crippen molar-refractivity contribution in [3.63, 3.8) is 0 Å². The van der Waals surface area contributed by atoms with Crippen LogP contribution in [0, 0.1) is 0 Å². The van der Waals surface area contributed by atoms with Crippen LogP contribution in [0.15, 0.2) is 35.3 Å². The zero-order valence-electron chi connectivity index (χ0n) is 12.2. The van der Waals surface area contributed by atoms with Gasteiger partial charge >= 0.3 is 0 Å². The summed E-state index contributed by atoms with van der Waals surface area (Å²) in [7, 11) is 0. The highest BCUT2D eigenvalue weighted by molar-refractivity contribution is 6.42. The molecule has 0 atom stereocenters. The molecule has 0 saturated heterocycles. The highest BCUT2D eigenvalue weighted by Crippen LogP contribution is 2.25. The Bertz CT molecular complexity index is 896. The number of hydrogen-bond acceptors (Lipinski definition) is 2. The molecule has 0 unspecified atom stereocenters. The number of aromatic amines is 1. The van der Waals surface area contributed by atoms with Crippen LogP contribution in [0.3, 0.4) is 0 Å². The molecule has 4 nitrogen and oxygen atoms in total. The van der Waals surface area contributed by atoms with Crippen molar-refractivity contribution in [1.82, 2.24) is 14.6 Å². The van der Waals surface area contributed by atoms with Crippen molar-refractivity contribution in [1.29, 1.82) is 0 Å². The number of nitrogens with zero attached hydrogens (tertiary/aromatic N) is 2. The molecule has 3 rings (SSSR count). The molecule has 0 bridgehead atoms. The maximum Gasteiger partial charge on any atom is 0.276 e. The van der Waals surface area contributed by atoms with Crippen LogP contribution in [0.5, 0.6) is 0 Å². The van der Waals surface area contributed by atoms with E-state index in [4.69, 9.17) is 23.2 Å². The summed E-state index contributed by atoms with van der Waals surface area (Å²) in [6.07, 6.45) is 2.18. The summed E-state index contributed by atoms with van der Waals surface area (Å²) in [5.74, 6) is 0.158. The quantitative estimate of drug-likeness (QED) is 0.785. The maximum absolute atomic E-state index is 12.7. The van der Waals surface area contributed by atoms with Crippen LogP contribution in [0.2, 0.25) is 10.0 Å². The molecule has 6 heteroatoms. The van der Waals surface area contributed by atoms with Crippen molar-refractivity contribution < 1.29 is 0 Å². The molecule has 22 heavy (non-hydrogen) atoms. The van der Waals surface area contributed by atoms with E-state index in [1.165, 1.54) is 4.52 Å². The first-order valence-electron chi connectivity index (χ1n) is 7.00. The number of nitrogens with one attached hydrogen (secondary N) is 1. The summed E-state index contributed by atoms with van der Waals surface area (Å²) in [5, 5.41) is 3.88. The van der Waals surface area contributed by atoms with Gasteiger partial charge in [-0.05, 0) is 23.6 Å². The Labute approximate surface area is 137 Å². The third-order valence-electron chi connectivity index (χ3n) is 3.58. The van der Waals surface area contributed by atoms with Gasteiger partial charge in [-0.3, -0.25) is 9.89 Å². The molecule has 0 aliphatic carbocycles. The van der Waals surface area contributed by atoms with Gasteiger partial charge < -0.3 is 0 Å². The first-order chi connectivity index (χ1) is 10.5. The molecule has 0 radical (unpaired) electrons. The minimum atomic E-state index is -0.0789. The summed E-state index contributed by atoms with van der Waals surface area (Å²) in [4.78, 5) is 17.3. The third-order valence-corrected chi connectivity index (χ3v) is 4.32. The molecule has 0 aliphatic heterocycles. The number of aromatic nitrogens is 3. The van der Waals surface area contributed by atoms with Crippen LogP contribution >= 0.6 is 23.2 Å². The minimum absolute atomic E-state index is 0.0789. The zero-order chi connectivity index (χ0) is 15.9. The molecule has 1 N–H and O–H groups in total. The number of halogens is 2. The smallest absolute Gasteiger partial charge is 0.276 e. The van der Waals surface area contributed by atoms with E-state index in [-0.39, 0.29) is 11.5 Å². The molecule has 3 aromatic rings. The Balaban J connectivity index is 2.15. The van der Waals surface area contributed by atoms with Gasteiger partial charge in [0.15, 0.2) is 5.65 Å². The highest BCUT2D eigenvalue weighted by atomic mass is 35.5. The number of fused-ring (bicyclic) bond motifs is 1. The Morgan fingerprint density at radius 2 is 2.00 bits per heavy atom. The summed E-state index contributed by atoms with van der Waals surface area (Å²) in [6, 6.07) is 7.20. The fourth-order valence-electron chi connectivity index (χ4n) is 2.51. The lowest BCUT2D eigenvalue weighted by molar-refractivity contribution is 0.770. The molecule has 1 aromatic carbocycles. The molecule has 0 amide bonds. The van der Waals surface area contributed by atoms with Gasteiger partial charge in [-0.25, -0.2) is 9.50 Å². The lowest BCUT2D eigenvalue weighted by Gasteiger charge is -2.12. The van der Waals surface area contributed by atoms with Gasteiger partial charge in [0.2, 0.25) is 0 Å². The average molecular weight is 336 g/mol. The maximum atomic E-state index is 12.7. The van der Waals surface area contributed by atoms with Crippen LogP contribution in [-0.4, -0.2) is 14.6 Å². The van der Waals surface area contributed by atoms with Crippen LogP contribution in [0.25, 0.3) is 5.65 Å². The van der Waals surface area contributed by atoms with Crippen molar-refractivity contribution in [3.05, 3.63) is 67.7 Å². The Morgan fingerprint density at radius 1 is 1.23 bits per heavy atom. The van der Waals surface area contributed by atoms with Gasteiger partial charge in [-0.1, -0.05) is 43.1 Å². The van der Waals surface area contributed by atoms with Crippen molar-refractivity contribution in [3.8, 4) is 0 Å². The second-order valence-corrected chi connectivity index (χ2v) is 6.33. The number of hydrogen-bond donors (Lipinski definition) is 1. The fraction of sp³-hybridized carbons (Fsp3) is 0.250. The van der Waals surface area contributed by atoms with Gasteiger partial charge in [0.25, 0.3) is 5.56 Å². The molecule has 0 saturated carbocycles. The molecular weight excluding hydrogens is 321 g/mol. The molecule has 0 aliphatic rings. The highest BCUT2D eigenvalue weighted by Gasteiger charge is 2.16. The van der Waals surface area contributed by atoms with Crippen molar-refractivity contribution in [2.45, 2.75) is 26.2 Å². The Kier molecular flexibility index (Phi) is 3.98. The fourth-order valence-corrected chi connectivity index (χ4v) is 2.83. The standard InChI is InChI=1S/C16H15Cl2N3O/c1-9(2)15-11(7-10-3-4-12(17)13(18)8-10)16(22)21-14(20-15)5-6-19-21/h3-6,8-9,19H,7H2,1-2H3. The minimum Gasteiger partial charge on any atom is -0.297 e. The largest absolute Gasteiger partial charge is 0.297 e. The molecular formula is C16H15Cl2N3O. The summed E-state index contributed by atoms with van der Waals surface area (Å²) < 4.78 is 1.46. The van der Waals surface area contributed by atoms with E-state index in [1.807, 2.05) is 19.9 Å². The molecule has 0 fully saturated rings. The second-order valence-electron chi connectivity index (χ2n) is 5.52. The molecule has 0 spiro atoms. The normalized spacial score (nSPS) is 11.5.